The van der Waals surface area contributed by atoms with Crippen LogP contribution < -0.4 is 9.47 Å². The molecule has 1 aromatic carbocycles. The molecule has 27 heavy (non-hydrogen) atoms. The summed E-state index contributed by atoms with van der Waals surface area (Å²) in [5, 5.41) is 4.27. The molecule has 8 nitrogen and oxygen atoms in total. The summed E-state index contributed by atoms with van der Waals surface area (Å²) in [6.07, 6.45) is 5.49. The van der Waals surface area contributed by atoms with Crippen LogP contribution in [0.2, 0.25) is 0 Å². The van der Waals surface area contributed by atoms with Gasteiger partial charge in [-0.25, -0.2) is 4.98 Å². The normalized spacial score (nSPS) is 18.3. The maximum atomic E-state index is 13.3. The highest BCUT2D eigenvalue weighted by atomic mass is 16.6. The van der Waals surface area contributed by atoms with Gasteiger partial charge >= 0.3 is 0 Å². The summed E-state index contributed by atoms with van der Waals surface area (Å²) in [6.45, 7) is 1.96. The number of para-hydroxylation sites is 1. The molecule has 138 valence electrons. The van der Waals surface area contributed by atoms with Crippen LogP contribution >= 0.6 is 0 Å². The molecule has 1 N–H and O–H groups in total. The number of fused-ring (bicyclic) bond motifs is 2. The smallest absolute Gasteiger partial charge is 0.258 e. The van der Waals surface area contributed by atoms with E-state index in [2.05, 4.69) is 15.1 Å². The number of imidazole rings is 1. The Bertz CT molecular complexity index is 1010. The number of H-pyrrole nitrogens is 1. The SMILES string of the molecule is Cn1cc(C2CN(C(=O)c3cccc4c3OCCO4)Cc3[nH]cnc32)cn1. The second-order valence-corrected chi connectivity index (χ2v) is 6.78. The second kappa shape index (κ2) is 6.15. The number of nitrogens with zero attached hydrogens (tertiary/aromatic N) is 4. The number of carbonyl (C=O) groups excluding carboxylic acids is 1. The number of nitrogens with one attached hydrogen (secondary N) is 1. The third-order valence-electron chi connectivity index (χ3n) is 5.04. The van der Waals surface area contributed by atoms with E-state index in [1.807, 2.05) is 36.5 Å². The van der Waals surface area contributed by atoms with Gasteiger partial charge in [0.05, 0.1) is 36.0 Å². The molecule has 2 aliphatic rings. The minimum atomic E-state index is -0.0773. The Morgan fingerprint density at radius 2 is 2.19 bits per heavy atom. The van der Waals surface area contributed by atoms with Crippen LogP contribution in [0.4, 0.5) is 0 Å². The first kappa shape index (κ1) is 15.9. The van der Waals surface area contributed by atoms with Crippen molar-refractivity contribution in [1.82, 2.24) is 24.6 Å². The molecule has 0 saturated heterocycles. The second-order valence-electron chi connectivity index (χ2n) is 6.78. The van der Waals surface area contributed by atoms with Crippen LogP contribution in [0.15, 0.2) is 36.9 Å². The van der Waals surface area contributed by atoms with Crippen molar-refractivity contribution in [3.63, 3.8) is 0 Å². The number of hydrogen-bond acceptors (Lipinski definition) is 5. The predicted molar refractivity (Wildman–Crippen MR) is 95.8 cm³/mol. The molecule has 0 bridgehead atoms. The highest BCUT2D eigenvalue weighted by Gasteiger charge is 2.34. The van der Waals surface area contributed by atoms with Crippen molar-refractivity contribution < 1.29 is 14.3 Å². The first-order valence-corrected chi connectivity index (χ1v) is 8.89. The maximum Gasteiger partial charge on any atom is 0.258 e. The Morgan fingerprint density at radius 3 is 3.04 bits per heavy atom. The van der Waals surface area contributed by atoms with E-state index >= 15 is 0 Å². The lowest BCUT2D eigenvalue weighted by atomic mass is 9.92. The van der Waals surface area contributed by atoms with Crippen molar-refractivity contribution in [2.75, 3.05) is 19.8 Å². The quantitative estimate of drug-likeness (QED) is 0.747. The van der Waals surface area contributed by atoms with Gasteiger partial charge in [0, 0.05) is 31.3 Å². The van der Waals surface area contributed by atoms with Crippen LogP contribution in [-0.4, -0.2) is 50.3 Å². The van der Waals surface area contributed by atoms with Crippen molar-refractivity contribution >= 4 is 5.91 Å². The van der Waals surface area contributed by atoms with Crippen LogP contribution in [0.1, 0.15) is 33.2 Å². The number of aromatic nitrogens is 4. The first-order chi connectivity index (χ1) is 13.2. The van der Waals surface area contributed by atoms with Gasteiger partial charge in [0.25, 0.3) is 5.91 Å². The summed E-state index contributed by atoms with van der Waals surface area (Å²) in [5.74, 6) is 1.05. The van der Waals surface area contributed by atoms with E-state index in [0.717, 1.165) is 17.0 Å². The van der Waals surface area contributed by atoms with Crippen LogP contribution in [0.5, 0.6) is 11.5 Å². The van der Waals surface area contributed by atoms with Crippen LogP contribution in [-0.2, 0) is 13.6 Å². The molecule has 5 rings (SSSR count). The van der Waals surface area contributed by atoms with Crippen molar-refractivity contribution in [3.8, 4) is 11.5 Å². The zero-order valence-corrected chi connectivity index (χ0v) is 14.9. The number of hydrogen-bond donors (Lipinski definition) is 1. The van der Waals surface area contributed by atoms with Gasteiger partial charge in [0.15, 0.2) is 11.5 Å². The molecule has 8 heteroatoms. The molecule has 0 radical (unpaired) electrons. The van der Waals surface area contributed by atoms with E-state index in [1.54, 1.807) is 17.1 Å². The standard InChI is InChI=1S/C19H19N5O3/c1-23-8-12(7-22-23)14-9-24(10-15-17(14)21-11-20-15)19(25)13-3-2-4-16-18(13)27-6-5-26-16/h2-4,7-8,11,14H,5-6,9-10H2,1H3,(H,20,21). The van der Waals surface area contributed by atoms with E-state index in [1.165, 1.54) is 0 Å². The first-order valence-electron chi connectivity index (χ1n) is 8.89. The zero-order valence-electron chi connectivity index (χ0n) is 14.9. The summed E-state index contributed by atoms with van der Waals surface area (Å²) in [7, 11) is 1.88. The van der Waals surface area contributed by atoms with E-state index < -0.39 is 0 Å². The zero-order chi connectivity index (χ0) is 18.4. The largest absolute Gasteiger partial charge is 0.486 e. The lowest BCUT2D eigenvalue weighted by Gasteiger charge is -2.32. The fourth-order valence-electron chi connectivity index (χ4n) is 3.77. The van der Waals surface area contributed by atoms with E-state index in [9.17, 15) is 4.79 Å². The lowest BCUT2D eigenvalue weighted by Crippen LogP contribution is -2.39. The molecule has 2 aromatic heterocycles. The number of carbonyl (C=O) groups is 1. The molecule has 1 unspecified atom stereocenters. The molecule has 0 aliphatic carbocycles. The summed E-state index contributed by atoms with van der Waals surface area (Å²) < 4.78 is 13.1. The molecule has 0 fully saturated rings. The number of rotatable bonds is 2. The monoisotopic (exact) mass is 365 g/mol. The molecule has 4 heterocycles. The topological polar surface area (TPSA) is 85.3 Å². The van der Waals surface area contributed by atoms with Gasteiger partial charge in [-0.2, -0.15) is 5.10 Å². The van der Waals surface area contributed by atoms with Crippen molar-refractivity contribution in [1.29, 1.82) is 0 Å². The van der Waals surface area contributed by atoms with Gasteiger partial charge in [-0.3, -0.25) is 9.48 Å². The fourth-order valence-corrected chi connectivity index (χ4v) is 3.77. The number of benzene rings is 1. The molecule has 2 aliphatic heterocycles. The predicted octanol–water partition coefficient (Wildman–Crippen LogP) is 1.70. The molecular formula is C19H19N5O3. The Hall–Kier alpha value is -3.29. The summed E-state index contributed by atoms with van der Waals surface area (Å²) in [6, 6.07) is 5.44. The van der Waals surface area contributed by atoms with Gasteiger partial charge in [-0.1, -0.05) is 6.07 Å². The molecule has 3 aromatic rings. The molecule has 0 saturated carbocycles. The number of amides is 1. The number of ether oxygens (including phenoxy) is 2. The fraction of sp³-hybridized carbons (Fsp3) is 0.316. The Kier molecular flexibility index (Phi) is 3.63. The Labute approximate surface area is 155 Å². The van der Waals surface area contributed by atoms with E-state index in [0.29, 0.717) is 43.4 Å². The highest BCUT2D eigenvalue weighted by molar-refractivity contribution is 5.98. The molecule has 1 amide bonds. The maximum absolute atomic E-state index is 13.3. The lowest BCUT2D eigenvalue weighted by molar-refractivity contribution is 0.0711. The minimum absolute atomic E-state index is 0.0191. The van der Waals surface area contributed by atoms with Crippen LogP contribution in [0, 0.1) is 0 Å². The minimum Gasteiger partial charge on any atom is -0.486 e. The third kappa shape index (κ3) is 2.64. The number of aryl methyl sites for hydroxylation is 1. The van der Waals surface area contributed by atoms with Gasteiger partial charge in [0.2, 0.25) is 0 Å². The highest BCUT2D eigenvalue weighted by Crippen LogP contribution is 2.37. The van der Waals surface area contributed by atoms with Crippen molar-refractivity contribution in [2.24, 2.45) is 7.05 Å². The molecule has 1 atom stereocenters. The summed E-state index contributed by atoms with van der Waals surface area (Å²) in [5.41, 5.74) is 3.49. The van der Waals surface area contributed by atoms with E-state index in [-0.39, 0.29) is 11.8 Å². The summed E-state index contributed by atoms with van der Waals surface area (Å²) in [4.78, 5) is 22.8. The van der Waals surface area contributed by atoms with E-state index in [4.69, 9.17) is 9.47 Å². The number of aromatic amines is 1. The average molecular weight is 365 g/mol. The van der Waals surface area contributed by atoms with Gasteiger partial charge in [-0.05, 0) is 12.1 Å². The Morgan fingerprint density at radius 1 is 1.30 bits per heavy atom. The van der Waals surface area contributed by atoms with Crippen LogP contribution in [0.25, 0.3) is 0 Å². The molecular weight excluding hydrogens is 346 g/mol. The van der Waals surface area contributed by atoms with Gasteiger partial charge in [-0.15, -0.1) is 0 Å². The van der Waals surface area contributed by atoms with Crippen molar-refractivity contribution in [3.05, 3.63) is 59.4 Å². The summed E-state index contributed by atoms with van der Waals surface area (Å²) >= 11 is 0. The Balaban J connectivity index is 1.50. The molecule has 0 spiro atoms. The van der Waals surface area contributed by atoms with Crippen molar-refractivity contribution in [2.45, 2.75) is 12.5 Å². The van der Waals surface area contributed by atoms with Gasteiger partial charge in [0.1, 0.15) is 13.2 Å². The third-order valence-corrected chi connectivity index (χ3v) is 5.04. The van der Waals surface area contributed by atoms with Gasteiger partial charge < -0.3 is 19.4 Å². The van der Waals surface area contributed by atoms with Crippen LogP contribution in [0.3, 0.4) is 0 Å². The average Bonchev–Trinajstić information content (AvgIpc) is 3.35.